The van der Waals surface area contributed by atoms with E-state index in [1.165, 1.54) is 0 Å². The van der Waals surface area contributed by atoms with Gasteiger partial charge in [0.2, 0.25) is 0 Å². The fourth-order valence-corrected chi connectivity index (χ4v) is 1.75. The summed E-state index contributed by atoms with van der Waals surface area (Å²) in [6.07, 6.45) is 3.82. The molecule has 70 valence electrons. The van der Waals surface area contributed by atoms with Crippen LogP contribution in [0.4, 0.5) is 0 Å². The standard InChI is InChI=1S/C6H13BrO3S.Na.H/c1-2-3-4-5-6-11(8,9)10-7;;/h2-6H2,1H3;;/q;+1;-1. The van der Waals surface area contributed by atoms with E-state index in [0.717, 1.165) is 19.3 Å². The summed E-state index contributed by atoms with van der Waals surface area (Å²) in [5.41, 5.74) is 0. The molecule has 3 nitrogen and oxygen atoms in total. The summed E-state index contributed by atoms with van der Waals surface area (Å²) in [4.78, 5) is 0. The monoisotopic (exact) mass is 268 g/mol. The summed E-state index contributed by atoms with van der Waals surface area (Å²) in [5.74, 6) is 0.109. The van der Waals surface area contributed by atoms with Crippen LogP contribution in [-0.2, 0) is 13.4 Å². The van der Waals surface area contributed by atoms with Crippen LogP contribution in [0.25, 0.3) is 0 Å². The van der Waals surface area contributed by atoms with Gasteiger partial charge in [-0.2, -0.15) is 11.7 Å². The average Bonchev–Trinajstić information content (AvgIpc) is 1.99. The van der Waals surface area contributed by atoms with Crippen LogP contribution in [-0.4, -0.2) is 14.2 Å². The predicted molar refractivity (Wildman–Crippen MR) is 49.1 cm³/mol. The van der Waals surface area contributed by atoms with Crippen LogP contribution >= 0.6 is 16.3 Å². The Morgan fingerprint density at radius 3 is 2.33 bits per heavy atom. The number of halogens is 1. The Bertz CT molecular complexity index is 186. The fourth-order valence-electron chi connectivity index (χ4n) is 0.737. The normalized spacial score (nSPS) is 10.8. The topological polar surface area (TPSA) is 43.4 Å². The van der Waals surface area contributed by atoms with Crippen LogP contribution in [0, 0.1) is 0 Å². The van der Waals surface area contributed by atoms with Gasteiger partial charge in [-0.25, -0.2) is 0 Å². The van der Waals surface area contributed by atoms with Gasteiger partial charge in [0.05, 0.1) is 5.75 Å². The van der Waals surface area contributed by atoms with Crippen molar-refractivity contribution in [3.05, 3.63) is 0 Å². The fraction of sp³-hybridized carbons (Fsp3) is 1.00. The van der Waals surface area contributed by atoms with Crippen molar-refractivity contribution in [2.75, 3.05) is 5.75 Å². The average molecular weight is 269 g/mol. The third kappa shape index (κ3) is 9.48. The molecule has 0 saturated carbocycles. The minimum atomic E-state index is -3.28. The van der Waals surface area contributed by atoms with Gasteiger partial charge < -0.3 is 1.43 Å². The molecule has 0 amide bonds. The third-order valence-corrected chi connectivity index (χ3v) is 3.53. The first-order valence-corrected chi connectivity index (χ1v) is 5.87. The quantitative estimate of drug-likeness (QED) is 0.475. The molecule has 0 bridgehead atoms. The molecule has 6 heteroatoms. The summed E-state index contributed by atoms with van der Waals surface area (Å²) < 4.78 is 25.5. The van der Waals surface area contributed by atoms with Gasteiger partial charge in [0.1, 0.15) is 16.3 Å². The van der Waals surface area contributed by atoms with Crippen LogP contribution in [0.5, 0.6) is 0 Å². The Balaban J connectivity index is -0.000000500. The van der Waals surface area contributed by atoms with E-state index in [1.807, 2.05) is 0 Å². The maximum Gasteiger partial charge on any atom is 1.00 e. The van der Waals surface area contributed by atoms with Crippen LogP contribution in [0.2, 0.25) is 0 Å². The van der Waals surface area contributed by atoms with Crippen LogP contribution in [0.1, 0.15) is 34.0 Å². The smallest absolute Gasteiger partial charge is 1.00 e. The molecule has 0 rings (SSSR count). The second-order valence-electron chi connectivity index (χ2n) is 2.39. The molecule has 12 heavy (non-hydrogen) atoms. The van der Waals surface area contributed by atoms with Crippen molar-refractivity contribution in [2.45, 2.75) is 32.6 Å². The van der Waals surface area contributed by atoms with Crippen LogP contribution in [0.3, 0.4) is 0 Å². The molecule has 0 heterocycles. The maximum absolute atomic E-state index is 10.7. The first kappa shape index (κ1) is 15.8. The molecule has 0 spiro atoms. The molecule has 0 aliphatic carbocycles. The van der Waals surface area contributed by atoms with Crippen molar-refractivity contribution in [1.82, 2.24) is 0 Å². The van der Waals surface area contributed by atoms with Crippen molar-refractivity contribution >= 4 is 26.4 Å². The summed E-state index contributed by atoms with van der Waals surface area (Å²) in [6.45, 7) is 2.08. The van der Waals surface area contributed by atoms with E-state index in [1.54, 1.807) is 0 Å². The minimum absolute atomic E-state index is 0. The molecule has 0 aromatic rings. The molecule has 0 aromatic heterocycles. The molecule has 0 aromatic carbocycles. The van der Waals surface area contributed by atoms with Crippen molar-refractivity contribution in [2.24, 2.45) is 0 Å². The minimum Gasteiger partial charge on any atom is -1.00 e. The van der Waals surface area contributed by atoms with Crippen molar-refractivity contribution < 1.29 is 42.7 Å². The Morgan fingerprint density at radius 2 is 1.92 bits per heavy atom. The Morgan fingerprint density at radius 1 is 1.33 bits per heavy atom. The van der Waals surface area contributed by atoms with Gasteiger partial charge in [-0.1, -0.05) is 26.2 Å². The largest absolute Gasteiger partial charge is 1.00 e. The third-order valence-electron chi connectivity index (χ3n) is 1.34. The zero-order valence-corrected chi connectivity index (χ0v) is 11.9. The van der Waals surface area contributed by atoms with Crippen molar-refractivity contribution in [3.8, 4) is 0 Å². The predicted octanol–water partition coefficient (Wildman–Crippen LogP) is -0.660. The number of hydrogen-bond acceptors (Lipinski definition) is 3. The Labute approximate surface area is 107 Å². The second kappa shape index (κ2) is 8.97. The van der Waals surface area contributed by atoms with Crippen molar-refractivity contribution in [1.29, 1.82) is 0 Å². The van der Waals surface area contributed by atoms with Gasteiger partial charge in [0.15, 0.2) is 0 Å². The van der Waals surface area contributed by atoms with Gasteiger partial charge in [0.25, 0.3) is 10.1 Å². The van der Waals surface area contributed by atoms with Gasteiger partial charge in [-0.15, -0.1) is 0 Å². The number of hydrogen-bond donors (Lipinski definition) is 0. The zero-order valence-electron chi connectivity index (χ0n) is 8.55. The first-order valence-electron chi connectivity index (χ1n) is 3.65. The van der Waals surface area contributed by atoms with Gasteiger partial charge >= 0.3 is 29.6 Å². The molecule has 0 saturated heterocycles. The second-order valence-corrected chi connectivity index (χ2v) is 4.83. The number of rotatable bonds is 6. The summed E-state index contributed by atoms with van der Waals surface area (Å²) in [5, 5.41) is 0. The molecule has 0 unspecified atom stereocenters. The molecule has 0 atom stereocenters. The maximum atomic E-state index is 10.7. The Hall–Kier alpha value is 1.39. The van der Waals surface area contributed by atoms with E-state index in [9.17, 15) is 8.42 Å². The summed E-state index contributed by atoms with van der Waals surface area (Å²) in [7, 11) is -3.28. The summed E-state index contributed by atoms with van der Waals surface area (Å²) in [6, 6.07) is 0. The first-order chi connectivity index (χ1) is 5.12. The van der Waals surface area contributed by atoms with Gasteiger partial charge in [0, 0.05) is 0 Å². The molecule has 0 radical (unpaired) electrons. The van der Waals surface area contributed by atoms with Crippen molar-refractivity contribution in [3.63, 3.8) is 0 Å². The zero-order chi connectivity index (χ0) is 8.74. The van der Waals surface area contributed by atoms with E-state index in [2.05, 4.69) is 26.5 Å². The summed E-state index contributed by atoms with van der Waals surface area (Å²) >= 11 is 2.45. The molecular formula is C6H14BrNaO3S. The van der Waals surface area contributed by atoms with E-state index >= 15 is 0 Å². The van der Waals surface area contributed by atoms with E-state index in [-0.39, 0.29) is 36.7 Å². The molecule has 0 N–H and O–H groups in total. The van der Waals surface area contributed by atoms with Crippen LogP contribution < -0.4 is 29.6 Å². The molecule has 0 fully saturated rings. The van der Waals surface area contributed by atoms with E-state index < -0.39 is 10.1 Å². The van der Waals surface area contributed by atoms with E-state index in [4.69, 9.17) is 0 Å². The van der Waals surface area contributed by atoms with Crippen LogP contribution in [0.15, 0.2) is 0 Å². The number of unbranched alkanes of at least 4 members (excludes halogenated alkanes) is 3. The van der Waals surface area contributed by atoms with Gasteiger partial charge in [-0.3, -0.25) is 0 Å². The molecular weight excluding hydrogens is 255 g/mol. The molecule has 0 aliphatic heterocycles. The van der Waals surface area contributed by atoms with Gasteiger partial charge in [-0.05, 0) is 6.42 Å². The Kier molecular flexibility index (Phi) is 11.8. The SMILES string of the molecule is CCCCCCS(=O)(=O)OBr.[H-].[Na+]. The van der Waals surface area contributed by atoms with E-state index in [0.29, 0.717) is 6.42 Å². The molecule has 0 aliphatic rings.